The van der Waals surface area contributed by atoms with E-state index in [4.69, 9.17) is 14.2 Å². The number of benzene rings is 2. The van der Waals surface area contributed by atoms with Gasteiger partial charge < -0.3 is 14.2 Å². The molecule has 0 N–H and O–H groups in total. The number of carbonyl (C=O) groups excluding carboxylic acids is 2. The summed E-state index contributed by atoms with van der Waals surface area (Å²) in [5.41, 5.74) is 1.05. The minimum atomic E-state index is -1.47. The van der Waals surface area contributed by atoms with Crippen LogP contribution in [0.15, 0.2) is 54.6 Å². The molecule has 2 aliphatic rings. The summed E-state index contributed by atoms with van der Waals surface area (Å²) in [6.07, 6.45) is 1.65. The molecule has 4 rings (SSSR count). The number of allylic oxidation sites excluding steroid dienone is 1. The summed E-state index contributed by atoms with van der Waals surface area (Å²) < 4.78 is 15.9. The van der Waals surface area contributed by atoms with Crippen LogP contribution in [0.4, 0.5) is 0 Å². The average molecular weight is 336 g/mol. The molecule has 0 fully saturated rings. The van der Waals surface area contributed by atoms with E-state index in [1.807, 2.05) is 30.3 Å². The molecule has 0 unspecified atom stereocenters. The van der Waals surface area contributed by atoms with Gasteiger partial charge in [0.05, 0.1) is 14.2 Å². The van der Waals surface area contributed by atoms with Crippen molar-refractivity contribution in [1.29, 1.82) is 0 Å². The number of methoxy groups -OCH3 is 2. The first-order chi connectivity index (χ1) is 12.1. The van der Waals surface area contributed by atoms with Gasteiger partial charge in [-0.1, -0.05) is 42.5 Å². The molecule has 0 saturated carbocycles. The highest BCUT2D eigenvalue weighted by Gasteiger charge is 2.64. The van der Waals surface area contributed by atoms with Gasteiger partial charge in [0.25, 0.3) is 0 Å². The van der Waals surface area contributed by atoms with E-state index in [-0.39, 0.29) is 0 Å². The maximum Gasteiger partial charge on any atom is 0.333 e. The molecule has 0 aromatic heterocycles. The quantitative estimate of drug-likeness (QED) is 0.490. The molecule has 25 heavy (non-hydrogen) atoms. The molecule has 0 amide bonds. The Morgan fingerprint density at radius 1 is 1.08 bits per heavy atom. The molecule has 2 aromatic rings. The second-order valence-corrected chi connectivity index (χ2v) is 6.02. The van der Waals surface area contributed by atoms with Gasteiger partial charge in [-0.25, -0.2) is 0 Å². The smallest absolute Gasteiger partial charge is 0.333 e. The van der Waals surface area contributed by atoms with Gasteiger partial charge in [-0.2, -0.15) is 0 Å². The number of esters is 2. The van der Waals surface area contributed by atoms with Crippen LogP contribution < -0.4 is 9.47 Å². The predicted molar refractivity (Wildman–Crippen MR) is 90.2 cm³/mol. The van der Waals surface area contributed by atoms with Gasteiger partial charge in [-0.15, -0.1) is 0 Å². The molecule has 0 saturated heterocycles. The lowest BCUT2D eigenvalue weighted by molar-refractivity contribution is -0.164. The van der Waals surface area contributed by atoms with Crippen molar-refractivity contribution in [3.8, 4) is 11.5 Å². The van der Waals surface area contributed by atoms with Crippen molar-refractivity contribution in [3.63, 3.8) is 0 Å². The highest BCUT2D eigenvalue weighted by atomic mass is 16.6. The number of carbonyl (C=O) groups is 2. The molecule has 1 aliphatic heterocycles. The number of ether oxygens (including phenoxy) is 3. The number of fused-ring (bicyclic) bond motifs is 3. The second-order valence-electron chi connectivity index (χ2n) is 6.02. The highest BCUT2D eigenvalue weighted by Crippen LogP contribution is 2.62. The van der Waals surface area contributed by atoms with E-state index in [0.717, 1.165) is 11.1 Å². The van der Waals surface area contributed by atoms with E-state index in [9.17, 15) is 9.59 Å². The summed E-state index contributed by atoms with van der Waals surface area (Å²) in [6, 6.07) is 14.9. The van der Waals surface area contributed by atoms with Gasteiger partial charge in [-0.3, -0.25) is 9.59 Å². The maximum atomic E-state index is 12.7. The summed E-state index contributed by atoms with van der Waals surface area (Å²) in [7, 11) is 2.82. The van der Waals surface area contributed by atoms with E-state index in [1.54, 1.807) is 31.4 Å². The average Bonchev–Trinajstić information content (AvgIpc) is 2.62. The lowest BCUT2D eigenvalue weighted by Crippen LogP contribution is -2.54. The Hall–Kier alpha value is -3.08. The zero-order valence-corrected chi connectivity index (χ0v) is 13.8. The van der Waals surface area contributed by atoms with E-state index in [2.05, 4.69) is 0 Å². The molecule has 2 aromatic carbocycles. The SMILES string of the molecule is COC(=O)[C@]12C=C(c3ccccc3)[C@H]1c1c(OC)cccc1OC2=O. The lowest BCUT2D eigenvalue weighted by atomic mass is 9.56. The Morgan fingerprint density at radius 2 is 1.84 bits per heavy atom. The van der Waals surface area contributed by atoms with Crippen molar-refractivity contribution >= 4 is 17.5 Å². The van der Waals surface area contributed by atoms with Crippen LogP contribution in [0.1, 0.15) is 17.0 Å². The third-order valence-electron chi connectivity index (χ3n) is 4.85. The first-order valence-electron chi connectivity index (χ1n) is 7.89. The molecule has 0 radical (unpaired) electrons. The van der Waals surface area contributed by atoms with Gasteiger partial charge in [-0.05, 0) is 23.3 Å². The standard InChI is InChI=1S/C20H16O5/c1-23-14-9-6-10-15-16(14)17-13(12-7-4-3-5-8-12)11-20(17,18(21)24-2)19(22)25-15/h3-11,17H,1-2H3/t17-,20-/m0/s1. The summed E-state index contributed by atoms with van der Waals surface area (Å²) in [6.45, 7) is 0. The Labute approximate surface area is 144 Å². The molecule has 126 valence electrons. The monoisotopic (exact) mass is 336 g/mol. The topological polar surface area (TPSA) is 61.8 Å². The van der Waals surface area contributed by atoms with Crippen molar-refractivity contribution in [2.45, 2.75) is 5.92 Å². The zero-order chi connectivity index (χ0) is 17.6. The Bertz CT molecular complexity index is 900. The summed E-state index contributed by atoms with van der Waals surface area (Å²) >= 11 is 0. The summed E-state index contributed by atoms with van der Waals surface area (Å²) in [5, 5.41) is 0. The van der Waals surface area contributed by atoms with Gasteiger partial charge in [0.1, 0.15) is 11.5 Å². The maximum absolute atomic E-state index is 12.7. The Morgan fingerprint density at radius 3 is 2.52 bits per heavy atom. The van der Waals surface area contributed by atoms with Crippen LogP contribution in [0.25, 0.3) is 5.57 Å². The number of rotatable bonds is 3. The molecule has 5 heteroatoms. The van der Waals surface area contributed by atoms with E-state index < -0.39 is 23.3 Å². The van der Waals surface area contributed by atoms with Crippen molar-refractivity contribution in [3.05, 3.63) is 65.7 Å². The minimum Gasteiger partial charge on any atom is -0.496 e. The predicted octanol–water partition coefficient (Wildman–Crippen LogP) is 2.95. The van der Waals surface area contributed by atoms with Crippen LogP contribution in [0.2, 0.25) is 0 Å². The fourth-order valence-corrected chi connectivity index (χ4v) is 3.69. The molecule has 5 nitrogen and oxygen atoms in total. The van der Waals surface area contributed by atoms with Gasteiger partial charge in [0, 0.05) is 11.5 Å². The summed E-state index contributed by atoms with van der Waals surface area (Å²) in [5.74, 6) is -0.765. The number of hydrogen-bond acceptors (Lipinski definition) is 5. The van der Waals surface area contributed by atoms with E-state index in [0.29, 0.717) is 17.1 Å². The first-order valence-corrected chi connectivity index (χ1v) is 7.89. The number of hydrogen-bond donors (Lipinski definition) is 0. The van der Waals surface area contributed by atoms with Gasteiger partial charge in [0.2, 0.25) is 0 Å². The fourth-order valence-electron chi connectivity index (χ4n) is 3.69. The van der Waals surface area contributed by atoms with E-state index >= 15 is 0 Å². The van der Waals surface area contributed by atoms with Crippen molar-refractivity contribution in [2.24, 2.45) is 5.41 Å². The van der Waals surface area contributed by atoms with Crippen molar-refractivity contribution in [1.82, 2.24) is 0 Å². The van der Waals surface area contributed by atoms with Crippen LogP contribution in [-0.2, 0) is 14.3 Å². The van der Waals surface area contributed by atoms with Crippen molar-refractivity contribution < 1.29 is 23.8 Å². The third-order valence-corrected chi connectivity index (χ3v) is 4.85. The zero-order valence-electron chi connectivity index (χ0n) is 13.8. The minimum absolute atomic E-state index is 0.412. The van der Waals surface area contributed by atoms with Crippen LogP contribution in [0.5, 0.6) is 11.5 Å². The molecule has 1 aliphatic carbocycles. The largest absolute Gasteiger partial charge is 0.496 e. The Kier molecular flexibility index (Phi) is 3.39. The summed E-state index contributed by atoms with van der Waals surface area (Å²) in [4.78, 5) is 25.2. The Balaban J connectivity index is 1.98. The fraction of sp³-hybridized carbons (Fsp3) is 0.200. The highest BCUT2D eigenvalue weighted by molar-refractivity contribution is 6.13. The van der Waals surface area contributed by atoms with Crippen LogP contribution in [0, 0.1) is 5.41 Å². The third kappa shape index (κ3) is 1.95. The molecule has 0 spiro atoms. The normalized spacial score (nSPS) is 23.4. The van der Waals surface area contributed by atoms with Crippen molar-refractivity contribution in [2.75, 3.05) is 14.2 Å². The second kappa shape index (κ2) is 5.48. The van der Waals surface area contributed by atoms with Crippen LogP contribution in [-0.4, -0.2) is 26.2 Å². The van der Waals surface area contributed by atoms with Gasteiger partial charge >= 0.3 is 11.9 Å². The van der Waals surface area contributed by atoms with E-state index in [1.165, 1.54) is 7.11 Å². The first kappa shape index (κ1) is 15.4. The molecule has 0 bridgehead atoms. The molecule has 1 heterocycles. The van der Waals surface area contributed by atoms with Gasteiger partial charge in [0.15, 0.2) is 5.41 Å². The lowest BCUT2D eigenvalue weighted by Gasteiger charge is -2.47. The molecular weight excluding hydrogens is 320 g/mol. The molecule has 2 atom stereocenters. The van der Waals surface area contributed by atoms with Crippen LogP contribution >= 0.6 is 0 Å². The molecular formula is C20H16O5. The van der Waals surface area contributed by atoms with Crippen LogP contribution in [0.3, 0.4) is 0 Å².